The Kier molecular flexibility index (Phi) is 5.91. The maximum atomic E-state index is 13.2. The third-order valence-corrected chi connectivity index (χ3v) is 5.94. The Morgan fingerprint density at radius 2 is 1.86 bits per heavy atom. The lowest BCUT2D eigenvalue weighted by atomic mass is 10.1. The second-order valence-electron chi connectivity index (χ2n) is 7.21. The van der Waals surface area contributed by atoms with Crippen LogP contribution in [0.4, 0.5) is 18.9 Å². The number of carbonyl (C=O) groups excluding carboxylic acids is 1. The number of hydrogen-bond donors (Lipinski definition) is 1. The summed E-state index contributed by atoms with van der Waals surface area (Å²) in [5.74, 6) is -0.617. The molecule has 9 nitrogen and oxygen atoms in total. The third-order valence-electron chi connectivity index (χ3n) is 4.93. The zero-order valence-electron chi connectivity index (χ0n) is 17.7. The largest absolute Gasteiger partial charge is 0.416 e. The molecule has 1 amide bonds. The van der Waals surface area contributed by atoms with Crippen molar-refractivity contribution in [2.75, 3.05) is 11.1 Å². The number of benzene rings is 2. The van der Waals surface area contributed by atoms with Crippen LogP contribution < -0.4 is 5.32 Å². The fourth-order valence-corrected chi connectivity index (χ4v) is 4.12. The van der Waals surface area contributed by atoms with Crippen molar-refractivity contribution in [3.63, 3.8) is 0 Å². The van der Waals surface area contributed by atoms with E-state index >= 15 is 0 Å². The Labute approximate surface area is 200 Å². The van der Waals surface area contributed by atoms with Crippen molar-refractivity contribution in [1.29, 1.82) is 0 Å². The highest BCUT2D eigenvalue weighted by Gasteiger charge is 2.31. The molecular weight excluding hydrogens is 481 g/mol. The Bertz CT molecular complexity index is 1490. The molecule has 0 fully saturated rings. The molecule has 0 aliphatic heterocycles. The van der Waals surface area contributed by atoms with Crippen molar-refractivity contribution in [3.8, 4) is 11.4 Å². The van der Waals surface area contributed by atoms with Crippen LogP contribution in [0.25, 0.3) is 22.4 Å². The Morgan fingerprint density at radius 3 is 2.60 bits per heavy atom. The topological polar surface area (TPSA) is 103 Å². The van der Waals surface area contributed by atoms with Crippen molar-refractivity contribution in [1.82, 2.24) is 34.5 Å². The molecule has 0 aliphatic carbocycles. The van der Waals surface area contributed by atoms with Gasteiger partial charge in [-0.2, -0.15) is 23.4 Å². The van der Waals surface area contributed by atoms with Gasteiger partial charge in [0.2, 0.25) is 5.91 Å². The van der Waals surface area contributed by atoms with Crippen LogP contribution in [0, 0.1) is 0 Å². The molecule has 13 heteroatoms. The molecule has 3 aromatic heterocycles. The van der Waals surface area contributed by atoms with E-state index in [0.717, 1.165) is 29.6 Å². The molecule has 0 spiro atoms. The first-order chi connectivity index (χ1) is 16.9. The number of alkyl halides is 3. The fraction of sp³-hybridized carbons (Fsp3) is 0.0909. The monoisotopic (exact) mass is 496 g/mol. The SMILES string of the molecule is O=C(CSc1ncnc2c1cnn2-c1ccccc1)Nc1cc(C(F)(F)F)ccc1-n1cncn1. The molecule has 176 valence electrons. The van der Waals surface area contributed by atoms with Gasteiger partial charge in [0.1, 0.15) is 24.0 Å². The van der Waals surface area contributed by atoms with Gasteiger partial charge in [-0.3, -0.25) is 4.79 Å². The predicted molar refractivity (Wildman–Crippen MR) is 122 cm³/mol. The van der Waals surface area contributed by atoms with Crippen LogP contribution in [0.1, 0.15) is 5.56 Å². The summed E-state index contributed by atoms with van der Waals surface area (Å²) < 4.78 is 42.7. The number of halogens is 3. The van der Waals surface area contributed by atoms with E-state index in [0.29, 0.717) is 16.1 Å². The van der Waals surface area contributed by atoms with E-state index in [1.54, 1.807) is 10.9 Å². The number of nitrogens with one attached hydrogen (secondary N) is 1. The summed E-state index contributed by atoms with van der Waals surface area (Å²) in [6.07, 6.45) is 0.988. The lowest BCUT2D eigenvalue weighted by Gasteiger charge is -2.14. The average molecular weight is 496 g/mol. The van der Waals surface area contributed by atoms with E-state index in [2.05, 4.69) is 30.5 Å². The smallest absolute Gasteiger partial charge is 0.323 e. The zero-order valence-corrected chi connectivity index (χ0v) is 18.5. The first-order valence-corrected chi connectivity index (χ1v) is 11.1. The Morgan fingerprint density at radius 1 is 1.03 bits per heavy atom. The molecule has 0 atom stereocenters. The second kappa shape index (κ2) is 9.18. The molecule has 5 rings (SSSR count). The minimum absolute atomic E-state index is 0.0411. The van der Waals surface area contributed by atoms with Crippen LogP contribution in [-0.2, 0) is 11.0 Å². The van der Waals surface area contributed by atoms with Crippen molar-refractivity contribution in [3.05, 3.63) is 79.3 Å². The average Bonchev–Trinajstić information content (AvgIpc) is 3.53. The second-order valence-corrected chi connectivity index (χ2v) is 8.18. The van der Waals surface area contributed by atoms with Crippen LogP contribution in [0.15, 0.2) is 78.7 Å². The number of para-hydroxylation sites is 1. The summed E-state index contributed by atoms with van der Waals surface area (Å²) in [6.45, 7) is 0. The van der Waals surface area contributed by atoms with Crippen LogP contribution >= 0.6 is 11.8 Å². The summed E-state index contributed by atoms with van der Waals surface area (Å²) in [7, 11) is 0. The number of amides is 1. The van der Waals surface area contributed by atoms with E-state index < -0.39 is 17.6 Å². The number of thioether (sulfide) groups is 1. The van der Waals surface area contributed by atoms with Crippen LogP contribution in [0.5, 0.6) is 0 Å². The van der Waals surface area contributed by atoms with Gasteiger partial charge in [-0.1, -0.05) is 30.0 Å². The minimum atomic E-state index is -4.57. The molecule has 0 aliphatic rings. The van der Waals surface area contributed by atoms with Gasteiger partial charge in [0.05, 0.1) is 40.0 Å². The van der Waals surface area contributed by atoms with E-state index in [1.165, 1.54) is 29.7 Å². The zero-order chi connectivity index (χ0) is 24.4. The lowest BCUT2D eigenvalue weighted by Crippen LogP contribution is -2.17. The standard InChI is InChI=1S/C22H15F3N8OS/c23-22(24,25)14-6-7-18(32-13-26-11-30-32)17(8-14)31-19(34)10-35-21-16-9-29-33(20(16)27-12-28-21)15-4-2-1-3-5-15/h1-9,11-13H,10H2,(H,31,34). The van der Waals surface area contributed by atoms with Gasteiger partial charge in [-0.25, -0.2) is 24.3 Å². The third kappa shape index (κ3) is 4.71. The Hall–Kier alpha value is -4.26. The van der Waals surface area contributed by atoms with Gasteiger partial charge in [0.25, 0.3) is 0 Å². The molecule has 0 saturated heterocycles. The van der Waals surface area contributed by atoms with Crippen molar-refractivity contribution >= 4 is 34.4 Å². The number of anilines is 1. The fourth-order valence-electron chi connectivity index (χ4n) is 3.36. The quantitative estimate of drug-likeness (QED) is 0.278. The minimum Gasteiger partial charge on any atom is -0.323 e. The maximum Gasteiger partial charge on any atom is 0.416 e. The van der Waals surface area contributed by atoms with Crippen molar-refractivity contribution in [2.24, 2.45) is 0 Å². The van der Waals surface area contributed by atoms with Gasteiger partial charge >= 0.3 is 6.18 Å². The van der Waals surface area contributed by atoms with E-state index in [4.69, 9.17) is 0 Å². The number of nitrogens with zero attached hydrogens (tertiary/aromatic N) is 7. The summed E-state index contributed by atoms with van der Waals surface area (Å²) in [4.78, 5) is 25.1. The molecular formula is C22H15F3N8OS. The predicted octanol–water partition coefficient (Wildman–Crippen LogP) is 4.15. The van der Waals surface area contributed by atoms with Gasteiger partial charge in [0.15, 0.2) is 5.65 Å². The lowest BCUT2D eigenvalue weighted by molar-refractivity contribution is -0.137. The highest BCUT2D eigenvalue weighted by molar-refractivity contribution is 8.00. The molecule has 0 unspecified atom stereocenters. The highest BCUT2D eigenvalue weighted by atomic mass is 32.2. The van der Waals surface area contributed by atoms with E-state index in [-0.39, 0.29) is 17.1 Å². The number of aromatic nitrogens is 7. The van der Waals surface area contributed by atoms with E-state index in [1.807, 2.05) is 30.3 Å². The normalized spacial score (nSPS) is 11.6. The maximum absolute atomic E-state index is 13.2. The summed E-state index contributed by atoms with van der Waals surface area (Å²) in [5, 5.41) is 12.0. The van der Waals surface area contributed by atoms with Gasteiger partial charge in [-0.15, -0.1) is 0 Å². The van der Waals surface area contributed by atoms with Crippen molar-refractivity contribution < 1.29 is 18.0 Å². The highest BCUT2D eigenvalue weighted by Crippen LogP contribution is 2.33. The molecule has 1 N–H and O–H groups in total. The van der Waals surface area contributed by atoms with Crippen LogP contribution in [0.2, 0.25) is 0 Å². The summed E-state index contributed by atoms with van der Waals surface area (Å²) >= 11 is 1.13. The summed E-state index contributed by atoms with van der Waals surface area (Å²) in [5.41, 5.74) is 0.707. The van der Waals surface area contributed by atoms with Crippen LogP contribution in [-0.4, -0.2) is 46.2 Å². The first kappa shape index (κ1) is 22.5. The van der Waals surface area contributed by atoms with Crippen molar-refractivity contribution in [2.45, 2.75) is 11.2 Å². The van der Waals surface area contributed by atoms with Gasteiger partial charge in [0, 0.05) is 0 Å². The number of hydrogen-bond acceptors (Lipinski definition) is 7. The molecule has 2 aromatic carbocycles. The number of carbonyl (C=O) groups is 1. The van der Waals surface area contributed by atoms with Crippen LogP contribution in [0.3, 0.4) is 0 Å². The molecule has 0 bridgehead atoms. The van der Waals surface area contributed by atoms with E-state index in [9.17, 15) is 18.0 Å². The van der Waals surface area contributed by atoms with Gasteiger partial charge < -0.3 is 5.32 Å². The molecule has 3 heterocycles. The molecule has 5 aromatic rings. The first-order valence-electron chi connectivity index (χ1n) is 10.1. The summed E-state index contributed by atoms with van der Waals surface area (Å²) in [6, 6.07) is 12.4. The van der Waals surface area contributed by atoms with Gasteiger partial charge in [-0.05, 0) is 30.3 Å². The molecule has 0 saturated carbocycles. The molecule has 35 heavy (non-hydrogen) atoms. The number of fused-ring (bicyclic) bond motifs is 1. The Balaban J connectivity index is 1.37. The molecule has 0 radical (unpaired) electrons. The number of rotatable bonds is 6.